The highest BCUT2D eigenvalue weighted by Crippen LogP contribution is 2.44. The first-order chi connectivity index (χ1) is 14.8. The van der Waals surface area contributed by atoms with E-state index in [0.29, 0.717) is 17.0 Å². The van der Waals surface area contributed by atoms with E-state index in [4.69, 9.17) is 11.2 Å². The van der Waals surface area contributed by atoms with Gasteiger partial charge in [-0.1, -0.05) is 18.8 Å². The maximum atomic E-state index is 13.7. The smallest absolute Gasteiger partial charge is 0.418 e. The third kappa shape index (κ3) is 4.26. The van der Waals surface area contributed by atoms with Crippen LogP contribution in [0.15, 0.2) is 30.3 Å². The number of carbonyl (C=O) groups is 1. The van der Waals surface area contributed by atoms with Gasteiger partial charge < -0.3 is 20.5 Å². The first kappa shape index (κ1) is 20.9. The number of nitrogens with one attached hydrogen (secondary N) is 2. The molecule has 1 unspecified atom stereocenters. The van der Waals surface area contributed by atoms with Crippen LogP contribution in [0.3, 0.4) is 0 Å². The number of carbonyl (C=O) groups excluding carboxylic acids is 1. The Balaban J connectivity index is 1.57. The number of aromatic hydroxyl groups is 1. The van der Waals surface area contributed by atoms with Crippen molar-refractivity contribution in [3.63, 3.8) is 0 Å². The monoisotopic (exact) mass is 430 g/mol. The Morgan fingerprint density at radius 2 is 1.97 bits per heavy atom. The van der Waals surface area contributed by atoms with Crippen LogP contribution in [0.5, 0.6) is 11.5 Å². The summed E-state index contributed by atoms with van der Waals surface area (Å²) in [6, 6.07) is 6.86. The second kappa shape index (κ2) is 8.06. The van der Waals surface area contributed by atoms with Gasteiger partial charge in [0.25, 0.3) is 5.91 Å². The molecule has 4 rings (SSSR count). The van der Waals surface area contributed by atoms with Crippen molar-refractivity contribution in [2.24, 2.45) is 0 Å². The summed E-state index contributed by atoms with van der Waals surface area (Å²) in [4.78, 5) is 12.7. The summed E-state index contributed by atoms with van der Waals surface area (Å²) in [6.45, 7) is 0.0559. The van der Waals surface area contributed by atoms with Gasteiger partial charge >= 0.3 is 6.18 Å². The van der Waals surface area contributed by atoms with E-state index in [0.717, 1.165) is 37.8 Å². The summed E-state index contributed by atoms with van der Waals surface area (Å²) in [5.41, 5.74) is 0.0355. The van der Waals surface area contributed by atoms with E-state index in [9.17, 15) is 23.1 Å². The third-order valence-electron chi connectivity index (χ3n) is 5.71. The Hall–Kier alpha value is -3.34. The van der Waals surface area contributed by atoms with Crippen LogP contribution in [0.25, 0.3) is 0 Å². The van der Waals surface area contributed by atoms with E-state index in [1.54, 1.807) is 18.2 Å². The summed E-state index contributed by atoms with van der Waals surface area (Å²) in [5.74, 6) is 1.76. The largest absolute Gasteiger partial charge is 0.508 e. The van der Waals surface area contributed by atoms with Crippen LogP contribution in [-0.2, 0) is 11.0 Å². The summed E-state index contributed by atoms with van der Waals surface area (Å²) >= 11 is 0. The van der Waals surface area contributed by atoms with Crippen molar-refractivity contribution in [3.8, 4) is 23.8 Å². The van der Waals surface area contributed by atoms with Gasteiger partial charge in [0.05, 0.1) is 23.5 Å². The lowest BCUT2D eigenvalue weighted by atomic mass is 9.94. The van der Waals surface area contributed by atoms with Crippen LogP contribution < -0.4 is 15.4 Å². The topological polar surface area (TPSA) is 70.6 Å². The van der Waals surface area contributed by atoms with Gasteiger partial charge in [-0.15, -0.1) is 6.42 Å². The van der Waals surface area contributed by atoms with Crippen LogP contribution in [0, 0.1) is 12.3 Å². The van der Waals surface area contributed by atoms with Gasteiger partial charge in [0, 0.05) is 11.6 Å². The molecular formula is C23H21F3N2O3. The zero-order valence-electron chi connectivity index (χ0n) is 16.6. The third-order valence-corrected chi connectivity index (χ3v) is 5.71. The fourth-order valence-electron chi connectivity index (χ4n) is 4.12. The van der Waals surface area contributed by atoms with Crippen LogP contribution in [-0.4, -0.2) is 23.7 Å². The predicted octanol–water partition coefficient (Wildman–Crippen LogP) is 4.86. The lowest BCUT2D eigenvalue weighted by Crippen LogP contribution is -2.41. The van der Waals surface area contributed by atoms with Gasteiger partial charge in [0.1, 0.15) is 11.5 Å². The van der Waals surface area contributed by atoms with Crippen LogP contribution in [0.2, 0.25) is 0 Å². The molecule has 1 saturated carbocycles. The average molecular weight is 430 g/mol. The molecule has 1 heterocycles. The normalized spacial score (nSPS) is 18.5. The number of fused-ring (bicyclic) bond motifs is 1. The van der Waals surface area contributed by atoms with Crippen LogP contribution >= 0.6 is 0 Å². The molecule has 0 aromatic heterocycles. The highest BCUT2D eigenvalue weighted by Gasteiger charge is 2.37. The van der Waals surface area contributed by atoms with E-state index < -0.39 is 29.4 Å². The molecular weight excluding hydrogens is 409 g/mol. The van der Waals surface area contributed by atoms with E-state index in [2.05, 4.69) is 16.6 Å². The first-order valence-corrected chi connectivity index (χ1v) is 10.0. The van der Waals surface area contributed by atoms with Crippen molar-refractivity contribution in [2.45, 2.75) is 43.9 Å². The summed E-state index contributed by atoms with van der Waals surface area (Å²) < 4.78 is 46.8. The Morgan fingerprint density at radius 3 is 2.65 bits per heavy atom. The van der Waals surface area contributed by atoms with Gasteiger partial charge in [-0.25, -0.2) is 0 Å². The molecule has 1 fully saturated rings. The van der Waals surface area contributed by atoms with E-state index in [-0.39, 0.29) is 23.8 Å². The van der Waals surface area contributed by atoms with Gasteiger partial charge in [0.2, 0.25) is 0 Å². The Bertz CT molecular complexity index is 1050. The molecule has 0 radical (unpaired) electrons. The molecule has 31 heavy (non-hydrogen) atoms. The summed E-state index contributed by atoms with van der Waals surface area (Å²) in [5, 5.41) is 15.7. The number of ether oxygens (including phenoxy) is 1. The van der Waals surface area contributed by atoms with Crippen LogP contribution in [0.1, 0.15) is 48.3 Å². The molecule has 1 aliphatic carbocycles. The zero-order valence-corrected chi connectivity index (χ0v) is 16.6. The maximum absolute atomic E-state index is 13.7. The molecule has 0 spiro atoms. The van der Waals surface area contributed by atoms with Gasteiger partial charge in [0.15, 0.2) is 6.10 Å². The fraction of sp³-hybridized carbons (Fsp3) is 0.348. The molecule has 5 nitrogen and oxygen atoms in total. The zero-order chi connectivity index (χ0) is 22.2. The molecule has 0 saturated heterocycles. The molecule has 162 valence electrons. The fourth-order valence-corrected chi connectivity index (χ4v) is 4.12. The highest BCUT2D eigenvalue weighted by molar-refractivity contribution is 5.96. The number of alkyl halides is 3. The minimum atomic E-state index is -4.69. The number of phenols is 1. The standard InChI is InChI=1S/C23H21F3N2O3/c1-2-13-7-8-20-18(9-13)27-12-21(31-20)22(30)28-17-11-19(29)15(14-5-3-4-6-14)10-16(17)23(24,25)26/h1,7-11,14,21,27,29H,3-6,12H2,(H,28,30). The lowest BCUT2D eigenvalue weighted by Gasteiger charge is -2.27. The molecule has 8 heteroatoms. The number of phenolic OH excluding ortho intramolecular Hbond substituents is 1. The van der Waals surface area contributed by atoms with Gasteiger partial charge in [-0.05, 0) is 48.6 Å². The van der Waals surface area contributed by atoms with Crippen molar-refractivity contribution >= 4 is 17.3 Å². The summed E-state index contributed by atoms with van der Waals surface area (Å²) in [7, 11) is 0. The van der Waals surface area contributed by atoms with E-state index in [1.165, 1.54) is 0 Å². The first-order valence-electron chi connectivity index (χ1n) is 10.0. The number of halogens is 3. The number of benzene rings is 2. The minimum Gasteiger partial charge on any atom is -0.508 e. The van der Waals surface area contributed by atoms with Crippen molar-refractivity contribution in [1.29, 1.82) is 0 Å². The predicted molar refractivity (Wildman–Crippen MR) is 110 cm³/mol. The molecule has 2 aromatic rings. The molecule has 2 aliphatic rings. The van der Waals surface area contributed by atoms with Gasteiger partial charge in [-0.3, -0.25) is 4.79 Å². The van der Waals surface area contributed by atoms with Gasteiger partial charge in [-0.2, -0.15) is 13.2 Å². The number of rotatable bonds is 3. The van der Waals surface area contributed by atoms with Crippen molar-refractivity contribution < 1.29 is 27.8 Å². The Kier molecular flexibility index (Phi) is 5.44. The van der Waals surface area contributed by atoms with E-state index >= 15 is 0 Å². The minimum absolute atomic E-state index is 0.0559. The SMILES string of the molecule is C#Cc1ccc2c(c1)NCC(C(=O)Nc1cc(O)c(C3CCCC3)cc1C(F)(F)F)O2. The number of amides is 1. The molecule has 1 aliphatic heterocycles. The van der Waals surface area contributed by atoms with Crippen molar-refractivity contribution in [3.05, 3.63) is 47.0 Å². The Morgan fingerprint density at radius 1 is 1.23 bits per heavy atom. The lowest BCUT2D eigenvalue weighted by molar-refractivity contribution is -0.137. The molecule has 1 atom stereocenters. The number of hydrogen-bond acceptors (Lipinski definition) is 4. The molecule has 2 aromatic carbocycles. The van der Waals surface area contributed by atoms with Crippen molar-refractivity contribution in [2.75, 3.05) is 17.2 Å². The van der Waals surface area contributed by atoms with Crippen molar-refractivity contribution in [1.82, 2.24) is 0 Å². The average Bonchev–Trinajstić information content (AvgIpc) is 3.26. The quantitative estimate of drug-likeness (QED) is 0.608. The summed E-state index contributed by atoms with van der Waals surface area (Å²) in [6.07, 6.45) is 2.92. The van der Waals surface area contributed by atoms with Crippen LogP contribution in [0.4, 0.5) is 24.5 Å². The Labute approximate surface area is 177 Å². The molecule has 0 bridgehead atoms. The maximum Gasteiger partial charge on any atom is 0.418 e. The highest BCUT2D eigenvalue weighted by atomic mass is 19.4. The molecule has 3 N–H and O–H groups in total. The second-order valence-electron chi connectivity index (χ2n) is 7.77. The number of anilines is 2. The number of hydrogen-bond donors (Lipinski definition) is 3. The number of terminal acetylenes is 1. The van der Waals surface area contributed by atoms with E-state index in [1.807, 2.05) is 0 Å². The molecule has 1 amide bonds. The second-order valence-corrected chi connectivity index (χ2v) is 7.77.